The molecule has 0 aromatic heterocycles. The van der Waals surface area contributed by atoms with Gasteiger partial charge < -0.3 is 18.5 Å². The van der Waals surface area contributed by atoms with Crippen molar-refractivity contribution in [3.8, 4) is 0 Å². The van der Waals surface area contributed by atoms with E-state index in [9.17, 15) is 9.59 Å². The van der Waals surface area contributed by atoms with Crippen molar-refractivity contribution in [2.45, 2.75) is 32.9 Å². The van der Waals surface area contributed by atoms with E-state index in [1.54, 1.807) is 39.1 Å². The van der Waals surface area contributed by atoms with Crippen LogP contribution in [0.4, 0.5) is 0 Å². The monoisotopic (exact) mass is 271 g/mol. The average molecular weight is 271 g/mol. The molecular weight excluding hydrogens is 250 g/mol. The molecule has 1 atom stereocenters. The highest BCUT2D eigenvalue weighted by molar-refractivity contribution is 6.61. The fourth-order valence-corrected chi connectivity index (χ4v) is 3.77. The summed E-state index contributed by atoms with van der Waals surface area (Å²) >= 11 is 0. The van der Waals surface area contributed by atoms with E-state index in [1.807, 2.05) is 6.08 Å². The lowest BCUT2D eigenvalue weighted by Crippen LogP contribution is -2.59. The van der Waals surface area contributed by atoms with Crippen LogP contribution in [-0.2, 0) is 13.6 Å². The second-order valence-electron chi connectivity index (χ2n) is 3.95. The standard InChI is InChI=1S/C12H21NO4Si/c1-4-16-18(15,17-5-2)11(3)13-10-8-6-7-9-12(13)14/h6-8,10-11,15H,4-5,9H2,1-3H3. The van der Waals surface area contributed by atoms with Gasteiger partial charge in [-0.2, -0.15) is 0 Å². The zero-order chi connectivity index (χ0) is 13.6. The first-order valence-electron chi connectivity index (χ1n) is 6.20. The Morgan fingerprint density at radius 2 is 2.00 bits per heavy atom. The van der Waals surface area contributed by atoms with Crippen LogP contribution in [0.15, 0.2) is 24.4 Å². The number of amides is 1. The van der Waals surface area contributed by atoms with Crippen LogP contribution < -0.4 is 0 Å². The fourth-order valence-electron chi connectivity index (χ4n) is 1.80. The van der Waals surface area contributed by atoms with E-state index in [0.717, 1.165) is 0 Å². The maximum absolute atomic E-state index is 11.9. The summed E-state index contributed by atoms with van der Waals surface area (Å²) in [6.45, 7) is 6.07. The predicted molar refractivity (Wildman–Crippen MR) is 70.4 cm³/mol. The number of rotatable bonds is 6. The highest BCUT2D eigenvalue weighted by atomic mass is 28.4. The molecule has 0 saturated carbocycles. The molecule has 6 heteroatoms. The minimum atomic E-state index is -3.38. The van der Waals surface area contributed by atoms with Crippen molar-refractivity contribution < 1.29 is 18.4 Å². The maximum atomic E-state index is 11.9. The van der Waals surface area contributed by atoms with Crippen molar-refractivity contribution >= 4 is 14.7 Å². The summed E-state index contributed by atoms with van der Waals surface area (Å²) in [6, 6.07) is 0. The summed E-state index contributed by atoms with van der Waals surface area (Å²) in [5.41, 5.74) is -0.485. The van der Waals surface area contributed by atoms with Gasteiger partial charge in [-0.3, -0.25) is 4.79 Å². The smallest absolute Gasteiger partial charge is 0.388 e. The summed E-state index contributed by atoms with van der Waals surface area (Å²) in [5, 5.41) is 0. The summed E-state index contributed by atoms with van der Waals surface area (Å²) < 4.78 is 10.8. The van der Waals surface area contributed by atoms with Crippen molar-refractivity contribution in [3.63, 3.8) is 0 Å². The molecular formula is C12H21NO4Si. The molecule has 102 valence electrons. The third kappa shape index (κ3) is 3.52. The van der Waals surface area contributed by atoms with E-state index in [0.29, 0.717) is 19.6 Å². The van der Waals surface area contributed by atoms with Crippen molar-refractivity contribution in [2.24, 2.45) is 0 Å². The highest BCUT2D eigenvalue weighted by Crippen LogP contribution is 2.18. The van der Waals surface area contributed by atoms with Crippen LogP contribution >= 0.6 is 0 Å². The molecule has 18 heavy (non-hydrogen) atoms. The molecule has 0 aliphatic carbocycles. The third-order valence-electron chi connectivity index (χ3n) is 2.72. The van der Waals surface area contributed by atoms with Crippen LogP contribution in [0.1, 0.15) is 27.2 Å². The Kier molecular flexibility index (Phi) is 5.74. The molecule has 1 rings (SSSR count). The Labute approximate surface area is 109 Å². The van der Waals surface area contributed by atoms with Gasteiger partial charge in [-0.15, -0.1) is 0 Å². The third-order valence-corrected chi connectivity index (χ3v) is 5.46. The van der Waals surface area contributed by atoms with Crippen LogP contribution in [0.5, 0.6) is 0 Å². The first-order chi connectivity index (χ1) is 8.55. The molecule has 1 aliphatic rings. The van der Waals surface area contributed by atoms with Crippen molar-refractivity contribution in [2.75, 3.05) is 13.2 Å². The second kappa shape index (κ2) is 6.84. The van der Waals surface area contributed by atoms with E-state index < -0.39 is 14.5 Å². The summed E-state index contributed by atoms with van der Waals surface area (Å²) in [4.78, 5) is 23.9. The number of hydrogen-bond acceptors (Lipinski definition) is 4. The number of carbonyl (C=O) groups excluding carboxylic acids is 1. The van der Waals surface area contributed by atoms with Gasteiger partial charge in [-0.25, -0.2) is 0 Å². The number of allylic oxidation sites excluding steroid dienone is 2. The topological polar surface area (TPSA) is 59.0 Å². The molecule has 0 aromatic rings. The largest absolute Gasteiger partial charge is 0.522 e. The predicted octanol–water partition coefficient (Wildman–Crippen LogP) is 1.22. The van der Waals surface area contributed by atoms with E-state index in [4.69, 9.17) is 8.85 Å². The Bertz CT molecular complexity index is 337. The van der Waals surface area contributed by atoms with E-state index in [1.165, 1.54) is 4.90 Å². The van der Waals surface area contributed by atoms with Crippen LogP contribution in [0.3, 0.4) is 0 Å². The Morgan fingerprint density at radius 3 is 2.56 bits per heavy atom. The summed E-state index contributed by atoms with van der Waals surface area (Å²) in [5.74, 6) is -0.0715. The lowest BCUT2D eigenvalue weighted by atomic mass is 10.3. The van der Waals surface area contributed by atoms with Gasteiger partial charge >= 0.3 is 8.80 Å². The molecule has 1 heterocycles. The summed E-state index contributed by atoms with van der Waals surface area (Å²) in [6.07, 6.45) is 7.35. The van der Waals surface area contributed by atoms with Gasteiger partial charge in [0.1, 0.15) is 5.67 Å². The molecule has 0 radical (unpaired) electrons. The van der Waals surface area contributed by atoms with Crippen molar-refractivity contribution in [3.05, 3.63) is 24.4 Å². The van der Waals surface area contributed by atoms with Gasteiger partial charge in [-0.1, -0.05) is 12.2 Å². The van der Waals surface area contributed by atoms with Gasteiger partial charge in [0.25, 0.3) is 0 Å². The normalized spacial score (nSPS) is 18.0. The lowest BCUT2D eigenvalue weighted by molar-refractivity contribution is -0.129. The zero-order valence-corrected chi connectivity index (χ0v) is 12.1. The Balaban J connectivity index is 2.87. The van der Waals surface area contributed by atoms with Gasteiger partial charge in [0, 0.05) is 25.8 Å². The van der Waals surface area contributed by atoms with Gasteiger partial charge in [0.05, 0.1) is 0 Å². The Hall–Kier alpha value is -0.953. The summed E-state index contributed by atoms with van der Waals surface area (Å²) in [7, 11) is -3.38. The second-order valence-corrected chi connectivity index (χ2v) is 6.62. The number of hydrogen-bond donors (Lipinski definition) is 1. The molecule has 0 saturated heterocycles. The highest BCUT2D eigenvalue weighted by Gasteiger charge is 2.47. The van der Waals surface area contributed by atoms with Gasteiger partial charge in [0.15, 0.2) is 0 Å². The Morgan fingerprint density at radius 1 is 1.39 bits per heavy atom. The minimum Gasteiger partial charge on any atom is -0.388 e. The fraction of sp³-hybridized carbons (Fsp3) is 0.583. The van der Waals surface area contributed by atoms with Crippen LogP contribution in [0, 0.1) is 0 Å². The molecule has 0 spiro atoms. The van der Waals surface area contributed by atoms with Gasteiger partial charge in [-0.05, 0) is 26.8 Å². The first-order valence-corrected chi connectivity index (χ1v) is 8.04. The van der Waals surface area contributed by atoms with E-state index in [-0.39, 0.29) is 5.91 Å². The molecule has 1 amide bonds. The van der Waals surface area contributed by atoms with Crippen LogP contribution in [0.2, 0.25) is 0 Å². The maximum Gasteiger partial charge on any atom is 0.522 e. The molecule has 0 fully saturated rings. The molecule has 0 bridgehead atoms. The molecule has 1 N–H and O–H groups in total. The van der Waals surface area contributed by atoms with Crippen LogP contribution in [0.25, 0.3) is 0 Å². The van der Waals surface area contributed by atoms with E-state index in [2.05, 4.69) is 0 Å². The van der Waals surface area contributed by atoms with E-state index >= 15 is 0 Å². The molecule has 0 aromatic carbocycles. The minimum absolute atomic E-state index is 0.0715. The lowest BCUT2D eigenvalue weighted by Gasteiger charge is -2.34. The molecule has 1 aliphatic heterocycles. The quantitative estimate of drug-likeness (QED) is 0.738. The molecule has 5 nitrogen and oxygen atoms in total. The molecule has 1 unspecified atom stereocenters. The average Bonchev–Trinajstić information content (AvgIpc) is 2.53. The number of nitrogens with zero attached hydrogens (tertiary/aromatic N) is 1. The van der Waals surface area contributed by atoms with Crippen molar-refractivity contribution in [1.29, 1.82) is 0 Å². The van der Waals surface area contributed by atoms with Gasteiger partial charge in [0.2, 0.25) is 5.91 Å². The van der Waals surface area contributed by atoms with Crippen molar-refractivity contribution in [1.82, 2.24) is 4.90 Å². The van der Waals surface area contributed by atoms with Crippen LogP contribution in [-0.4, -0.2) is 43.3 Å². The number of carbonyl (C=O) groups is 1. The SMILES string of the molecule is CCO[Si](O)(OCC)C(C)N1C=CC=CCC1=O. The zero-order valence-electron chi connectivity index (χ0n) is 11.1. The first kappa shape index (κ1) is 15.1.